The lowest BCUT2D eigenvalue weighted by Crippen LogP contribution is -2.40. The van der Waals surface area contributed by atoms with Crippen LogP contribution in [0.3, 0.4) is 0 Å². The molecule has 0 unspecified atom stereocenters. The molecule has 0 spiro atoms. The Balaban J connectivity index is 1.51. The molecular formula is C18H21N5O4S. The highest BCUT2D eigenvalue weighted by molar-refractivity contribution is 7.89. The molecule has 0 bridgehead atoms. The Hall–Kier alpha value is -2.56. The molecule has 0 radical (unpaired) electrons. The van der Waals surface area contributed by atoms with Gasteiger partial charge in [-0.15, -0.1) is 0 Å². The quantitative estimate of drug-likeness (QED) is 0.638. The summed E-state index contributed by atoms with van der Waals surface area (Å²) in [7, 11) is -3.62. The molecule has 0 amide bonds. The van der Waals surface area contributed by atoms with E-state index < -0.39 is 10.0 Å². The summed E-state index contributed by atoms with van der Waals surface area (Å²) in [5, 5.41) is 4.00. The summed E-state index contributed by atoms with van der Waals surface area (Å²) < 4.78 is 38.9. The molecule has 10 heteroatoms. The minimum absolute atomic E-state index is 0.00688. The van der Waals surface area contributed by atoms with Crippen LogP contribution < -0.4 is 0 Å². The number of nitrogens with zero attached hydrogens (tertiary/aromatic N) is 5. The van der Waals surface area contributed by atoms with Crippen molar-refractivity contribution >= 4 is 10.0 Å². The number of aryl methyl sites for hydroxylation is 2. The van der Waals surface area contributed by atoms with Gasteiger partial charge in [0.05, 0.1) is 26.1 Å². The number of rotatable bonds is 5. The maximum atomic E-state index is 12.7. The normalized spacial score (nSPS) is 15.8. The zero-order valence-corrected chi connectivity index (χ0v) is 16.5. The maximum absolute atomic E-state index is 12.7. The second kappa shape index (κ2) is 7.46. The van der Waals surface area contributed by atoms with Gasteiger partial charge in [-0.2, -0.15) is 9.29 Å². The maximum Gasteiger partial charge on any atom is 0.262 e. The van der Waals surface area contributed by atoms with Gasteiger partial charge in [0, 0.05) is 24.8 Å². The molecule has 4 rings (SSSR count). The molecule has 1 aliphatic heterocycles. The van der Waals surface area contributed by atoms with E-state index in [-0.39, 0.29) is 11.6 Å². The number of hydrogen-bond acceptors (Lipinski definition) is 7. The first-order chi connectivity index (χ1) is 13.4. The molecule has 0 aliphatic carbocycles. The fraction of sp³-hybridized carbons (Fsp3) is 0.389. The van der Waals surface area contributed by atoms with E-state index in [1.807, 2.05) is 26.0 Å². The number of sulfonamides is 1. The monoisotopic (exact) mass is 403 g/mol. The predicted molar refractivity (Wildman–Crippen MR) is 100 cm³/mol. The lowest BCUT2D eigenvalue weighted by atomic mass is 10.1. The standard InChI is InChI=1S/C18H21N5O4S/c1-13-7-14(2)9-15(8-13)18-20-16(21-27-18)10-22-11-17(19-12-22)28(24,25)23-3-5-26-6-4-23/h7-9,11-12H,3-6,10H2,1-2H3. The molecule has 9 nitrogen and oxygen atoms in total. The minimum atomic E-state index is -3.62. The third-order valence-electron chi connectivity index (χ3n) is 4.44. The van der Waals surface area contributed by atoms with Gasteiger partial charge in [-0.25, -0.2) is 13.4 Å². The van der Waals surface area contributed by atoms with Crippen LogP contribution >= 0.6 is 0 Å². The van der Waals surface area contributed by atoms with Crippen molar-refractivity contribution in [2.45, 2.75) is 25.4 Å². The summed E-state index contributed by atoms with van der Waals surface area (Å²) in [6.07, 6.45) is 2.94. The summed E-state index contributed by atoms with van der Waals surface area (Å²) in [5.74, 6) is 0.880. The van der Waals surface area contributed by atoms with E-state index >= 15 is 0 Å². The highest BCUT2D eigenvalue weighted by Gasteiger charge is 2.28. The van der Waals surface area contributed by atoms with Crippen LogP contribution in [0, 0.1) is 13.8 Å². The Labute approximate surface area is 163 Å². The summed E-state index contributed by atoms with van der Waals surface area (Å²) >= 11 is 0. The topological polar surface area (TPSA) is 103 Å². The Kier molecular flexibility index (Phi) is 5.00. The van der Waals surface area contributed by atoms with Crippen LogP contribution in [-0.4, -0.2) is 58.7 Å². The SMILES string of the molecule is Cc1cc(C)cc(-c2nc(Cn3cnc(S(=O)(=O)N4CCOCC4)c3)no2)c1. The third-order valence-corrected chi connectivity index (χ3v) is 6.23. The van der Waals surface area contributed by atoms with Gasteiger partial charge in [-0.05, 0) is 26.0 Å². The Morgan fingerprint density at radius 2 is 1.82 bits per heavy atom. The number of hydrogen-bond donors (Lipinski definition) is 0. The molecular weight excluding hydrogens is 382 g/mol. The van der Waals surface area contributed by atoms with E-state index in [1.165, 1.54) is 16.8 Å². The van der Waals surface area contributed by atoms with Gasteiger partial charge in [-0.3, -0.25) is 0 Å². The molecule has 1 aromatic carbocycles. The lowest BCUT2D eigenvalue weighted by Gasteiger charge is -2.24. The first-order valence-electron chi connectivity index (χ1n) is 8.93. The third kappa shape index (κ3) is 3.84. The van der Waals surface area contributed by atoms with Crippen molar-refractivity contribution in [2.75, 3.05) is 26.3 Å². The average molecular weight is 403 g/mol. The molecule has 0 N–H and O–H groups in total. The molecule has 1 aliphatic rings. The van der Waals surface area contributed by atoms with Crippen molar-refractivity contribution in [3.8, 4) is 11.5 Å². The highest BCUT2D eigenvalue weighted by atomic mass is 32.2. The minimum Gasteiger partial charge on any atom is -0.379 e. The first kappa shape index (κ1) is 18.8. The number of imidazole rings is 1. The summed E-state index contributed by atoms with van der Waals surface area (Å²) in [4.78, 5) is 8.47. The van der Waals surface area contributed by atoms with Gasteiger partial charge in [0.2, 0.25) is 0 Å². The zero-order valence-electron chi connectivity index (χ0n) is 15.7. The number of benzene rings is 1. The summed E-state index contributed by atoms with van der Waals surface area (Å²) in [5.41, 5.74) is 3.09. The van der Waals surface area contributed by atoms with Crippen molar-refractivity contribution < 1.29 is 17.7 Å². The molecule has 1 fully saturated rings. The molecule has 3 aromatic rings. The van der Waals surface area contributed by atoms with Crippen LogP contribution in [0.1, 0.15) is 17.0 Å². The molecule has 148 valence electrons. The first-order valence-corrected chi connectivity index (χ1v) is 10.4. The smallest absolute Gasteiger partial charge is 0.262 e. The van der Waals surface area contributed by atoms with Gasteiger partial charge in [0.25, 0.3) is 15.9 Å². The van der Waals surface area contributed by atoms with Crippen molar-refractivity contribution in [1.29, 1.82) is 0 Å². The highest BCUT2D eigenvalue weighted by Crippen LogP contribution is 2.21. The van der Waals surface area contributed by atoms with E-state index in [0.717, 1.165) is 16.7 Å². The van der Waals surface area contributed by atoms with Gasteiger partial charge < -0.3 is 13.8 Å². The van der Waals surface area contributed by atoms with Crippen LogP contribution in [-0.2, 0) is 21.3 Å². The Morgan fingerprint density at radius 3 is 2.54 bits per heavy atom. The van der Waals surface area contributed by atoms with E-state index in [2.05, 4.69) is 21.2 Å². The summed E-state index contributed by atoms with van der Waals surface area (Å²) in [6, 6.07) is 6.03. The van der Waals surface area contributed by atoms with Crippen LogP contribution in [0.4, 0.5) is 0 Å². The predicted octanol–water partition coefficient (Wildman–Crippen LogP) is 1.62. The van der Waals surface area contributed by atoms with E-state index in [4.69, 9.17) is 9.26 Å². The molecule has 1 saturated heterocycles. The second-order valence-electron chi connectivity index (χ2n) is 6.79. The van der Waals surface area contributed by atoms with Gasteiger partial charge in [-0.1, -0.05) is 22.3 Å². The zero-order chi connectivity index (χ0) is 19.7. The Bertz CT molecular complexity index is 1060. The van der Waals surface area contributed by atoms with Crippen molar-refractivity contribution in [3.63, 3.8) is 0 Å². The number of morpholine rings is 1. The fourth-order valence-corrected chi connectivity index (χ4v) is 4.52. The van der Waals surface area contributed by atoms with Gasteiger partial charge in [0.15, 0.2) is 10.9 Å². The molecule has 0 atom stereocenters. The number of aromatic nitrogens is 4. The van der Waals surface area contributed by atoms with Crippen LogP contribution in [0.5, 0.6) is 0 Å². The second-order valence-corrected chi connectivity index (χ2v) is 8.68. The van der Waals surface area contributed by atoms with Crippen LogP contribution in [0.25, 0.3) is 11.5 Å². The molecule has 3 heterocycles. The van der Waals surface area contributed by atoms with Crippen LogP contribution in [0.2, 0.25) is 0 Å². The van der Waals surface area contributed by atoms with Crippen molar-refractivity contribution in [1.82, 2.24) is 24.0 Å². The lowest BCUT2D eigenvalue weighted by molar-refractivity contribution is 0.0729. The van der Waals surface area contributed by atoms with E-state index in [1.54, 1.807) is 4.57 Å². The van der Waals surface area contributed by atoms with Crippen LogP contribution in [0.15, 0.2) is 40.3 Å². The van der Waals surface area contributed by atoms with Gasteiger partial charge in [0.1, 0.15) is 0 Å². The Morgan fingerprint density at radius 1 is 1.11 bits per heavy atom. The fourth-order valence-electron chi connectivity index (χ4n) is 3.18. The van der Waals surface area contributed by atoms with Crippen molar-refractivity contribution in [2.24, 2.45) is 0 Å². The molecule has 2 aromatic heterocycles. The summed E-state index contributed by atoms with van der Waals surface area (Å²) in [6.45, 7) is 5.73. The van der Waals surface area contributed by atoms with E-state index in [9.17, 15) is 8.42 Å². The number of ether oxygens (including phenoxy) is 1. The van der Waals surface area contributed by atoms with E-state index in [0.29, 0.717) is 38.0 Å². The molecule has 28 heavy (non-hydrogen) atoms. The van der Waals surface area contributed by atoms with Gasteiger partial charge >= 0.3 is 0 Å². The molecule has 0 saturated carbocycles. The largest absolute Gasteiger partial charge is 0.379 e. The van der Waals surface area contributed by atoms with Crippen molar-refractivity contribution in [3.05, 3.63) is 47.7 Å². The average Bonchev–Trinajstić information content (AvgIpc) is 3.32.